The van der Waals surface area contributed by atoms with Crippen LogP contribution in [-0.2, 0) is 0 Å². The summed E-state index contributed by atoms with van der Waals surface area (Å²) in [5.41, 5.74) is 1.75. The van der Waals surface area contributed by atoms with Gasteiger partial charge in [-0.15, -0.1) is 0 Å². The summed E-state index contributed by atoms with van der Waals surface area (Å²) in [5, 5.41) is 11.0. The molecular weight excluding hydrogens is 255 g/mol. The van der Waals surface area contributed by atoms with Gasteiger partial charge in [-0.2, -0.15) is 18.3 Å². The minimum atomic E-state index is -4.07. The third kappa shape index (κ3) is 3.87. The van der Waals surface area contributed by atoms with E-state index in [2.05, 4.69) is 15.5 Å². The number of benzene rings is 1. The van der Waals surface area contributed by atoms with Crippen LogP contribution in [0.25, 0.3) is 10.9 Å². The fraction of sp³-hybridized carbons (Fsp3) is 0.462. The minimum Gasteiger partial charge on any atom is -0.381 e. The molecule has 0 aliphatic carbocycles. The molecule has 2 N–H and O–H groups in total. The van der Waals surface area contributed by atoms with Crippen LogP contribution in [0.3, 0.4) is 0 Å². The van der Waals surface area contributed by atoms with Crippen molar-refractivity contribution in [3.05, 3.63) is 24.4 Å². The zero-order valence-electron chi connectivity index (χ0n) is 10.6. The first kappa shape index (κ1) is 13.7. The molecule has 0 amide bonds. The Kier molecular flexibility index (Phi) is 3.97. The van der Waals surface area contributed by atoms with E-state index in [0.717, 1.165) is 16.6 Å². The second-order valence-electron chi connectivity index (χ2n) is 4.69. The van der Waals surface area contributed by atoms with E-state index >= 15 is 0 Å². The Morgan fingerprint density at radius 2 is 2.16 bits per heavy atom. The Morgan fingerprint density at radius 1 is 1.37 bits per heavy atom. The molecular formula is C13H16F3N3. The van der Waals surface area contributed by atoms with Crippen LogP contribution in [0.1, 0.15) is 26.2 Å². The topological polar surface area (TPSA) is 40.7 Å². The molecule has 6 heteroatoms. The van der Waals surface area contributed by atoms with Crippen LogP contribution in [0, 0.1) is 0 Å². The molecule has 3 nitrogen and oxygen atoms in total. The minimum absolute atomic E-state index is 0.0174. The monoisotopic (exact) mass is 271 g/mol. The molecule has 0 saturated heterocycles. The number of aromatic amines is 1. The molecule has 0 aliphatic rings. The van der Waals surface area contributed by atoms with Crippen molar-refractivity contribution in [2.45, 2.75) is 38.4 Å². The molecule has 0 spiro atoms. The van der Waals surface area contributed by atoms with Crippen molar-refractivity contribution in [2.75, 3.05) is 5.32 Å². The standard InChI is InChI=1S/C13H16F3N3/c1-9(4-3-7-13(14,15)16)18-11-6-2-5-10-8-17-19-12(10)11/h2,5-6,8-9,18H,3-4,7H2,1H3,(H,17,19). The Balaban J connectivity index is 1.92. The van der Waals surface area contributed by atoms with Gasteiger partial charge in [-0.05, 0) is 25.8 Å². The molecule has 104 valence electrons. The molecule has 0 fully saturated rings. The maximum Gasteiger partial charge on any atom is 0.389 e. The maximum atomic E-state index is 12.1. The van der Waals surface area contributed by atoms with Crippen LogP contribution in [0.5, 0.6) is 0 Å². The van der Waals surface area contributed by atoms with Gasteiger partial charge in [-0.3, -0.25) is 5.10 Å². The number of alkyl halides is 3. The lowest BCUT2D eigenvalue weighted by atomic mass is 10.1. The Labute approximate surface area is 109 Å². The summed E-state index contributed by atoms with van der Waals surface area (Å²) in [4.78, 5) is 0. The molecule has 19 heavy (non-hydrogen) atoms. The molecule has 0 radical (unpaired) electrons. The smallest absolute Gasteiger partial charge is 0.381 e. The Bertz CT molecular complexity index is 533. The summed E-state index contributed by atoms with van der Waals surface area (Å²) in [6.45, 7) is 1.88. The summed E-state index contributed by atoms with van der Waals surface area (Å²) in [5.74, 6) is 0. The molecule has 0 aliphatic heterocycles. The van der Waals surface area contributed by atoms with Crippen molar-refractivity contribution in [1.29, 1.82) is 0 Å². The Morgan fingerprint density at radius 3 is 2.89 bits per heavy atom. The van der Waals surface area contributed by atoms with Gasteiger partial charge >= 0.3 is 6.18 Å². The van der Waals surface area contributed by atoms with Crippen molar-refractivity contribution in [3.8, 4) is 0 Å². The first-order valence-corrected chi connectivity index (χ1v) is 6.21. The number of aromatic nitrogens is 2. The molecule has 1 aromatic carbocycles. The van der Waals surface area contributed by atoms with Gasteiger partial charge in [0.2, 0.25) is 0 Å². The number of fused-ring (bicyclic) bond motifs is 1. The zero-order chi connectivity index (χ0) is 13.9. The normalized spacial score (nSPS) is 13.7. The SMILES string of the molecule is CC(CCCC(F)(F)F)Nc1cccc2cn[nH]c12. The first-order chi connectivity index (χ1) is 8.96. The van der Waals surface area contributed by atoms with E-state index in [4.69, 9.17) is 0 Å². The van der Waals surface area contributed by atoms with Gasteiger partial charge < -0.3 is 5.32 Å². The second kappa shape index (κ2) is 5.50. The number of halogens is 3. The lowest BCUT2D eigenvalue weighted by Gasteiger charge is -2.16. The lowest BCUT2D eigenvalue weighted by molar-refractivity contribution is -0.135. The fourth-order valence-corrected chi connectivity index (χ4v) is 2.04. The third-order valence-corrected chi connectivity index (χ3v) is 2.98. The van der Waals surface area contributed by atoms with E-state index in [1.54, 1.807) is 6.20 Å². The predicted molar refractivity (Wildman–Crippen MR) is 69.1 cm³/mol. The highest BCUT2D eigenvalue weighted by Crippen LogP contribution is 2.25. The summed E-state index contributed by atoms with van der Waals surface area (Å²) in [6.07, 6.45) is -2.47. The lowest BCUT2D eigenvalue weighted by Crippen LogP contribution is -2.17. The largest absolute Gasteiger partial charge is 0.389 e. The van der Waals surface area contributed by atoms with E-state index in [1.807, 2.05) is 25.1 Å². The van der Waals surface area contributed by atoms with E-state index in [-0.39, 0.29) is 12.5 Å². The summed E-state index contributed by atoms with van der Waals surface area (Å²) in [7, 11) is 0. The van der Waals surface area contributed by atoms with E-state index < -0.39 is 12.6 Å². The number of hydrogen-bond donors (Lipinski definition) is 2. The van der Waals surface area contributed by atoms with E-state index in [0.29, 0.717) is 6.42 Å². The second-order valence-corrected chi connectivity index (χ2v) is 4.69. The highest BCUT2D eigenvalue weighted by molar-refractivity contribution is 5.89. The third-order valence-electron chi connectivity index (χ3n) is 2.98. The van der Waals surface area contributed by atoms with Crippen LogP contribution in [-0.4, -0.2) is 22.4 Å². The van der Waals surface area contributed by atoms with Gasteiger partial charge in [-0.25, -0.2) is 0 Å². The van der Waals surface area contributed by atoms with Crippen LogP contribution < -0.4 is 5.32 Å². The first-order valence-electron chi connectivity index (χ1n) is 6.21. The highest BCUT2D eigenvalue weighted by Gasteiger charge is 2.26. The average Bonchev–Trinajstić information content (AvgIpc) is 2.76. The van der Waals surface area contributed by atoms with Crippen LogP contribution in [0.2, 0.25) is 0 Å². The van der Waals surface area contributed by atoms with Gasteiger partial charge in [0.05, 0.1) is 17.4 Å². The Hall–Kier alpha value is -1.72. The molecule has 1 heterocycles. The number of rotatable bonds is 5. The van der Waals surface area contributed by atoms with Crippen molar-refractivity contribution in [2.24, 2.45) is 0 Å². The molecule has 1 unspecified atom stereocenters. The summed E-state index contributed by atoms with van der Waals surface area (Å²) < 4.78 is 36.2. The number of nitrogens with one attached hydrogen (secondary N) is 2. The molecule has 2 aromatic rings. The number of para-hydroxylation sites is 1. The molecule has 2 rings (SSSR count). The van der Waals surface area contributed by atoms with Gasteiger partial charge in [0, 0.05) is 17.8 Å². The van der Waals surface area contributed by atoms with Crippen LogP contribution in [0.4, 0.5) is 18.9 Å². The maximum absolute atomic E-state index is 12.1. The van der Waals surface area contributed by atoms with E-state index in [1.165, 1.54) is 0 Å². The van der Waals surface area contributed by atoms with Crippen LogP contribution in [0.15, 0.2) is 24.4 Å². The van der Waals surface area contributed by atoms with Crippen molar-refractivity contribution in [1.82, 2.24) is 10.2 Å². The number of nitrogens with zero attached hydrogens (tertiary/aromatic N) is 1. The predicted octanol–water partition coefficient (Wildman–Crippen LogP) is 4.10. The van der Waals surface area contributed by atoms with Crippen LogP contribution >= 0.6 is 0 Å². The fourth-order valence-electron chi connectivity index (χ4n) is 2.04. The quantitative estimate of drug-likeness (QED) is 0.859. The van der Waals surface area contributed by atoms with Gasteiger partial charge in [0.15, 0.2) is 0 Å². The number of H-pyrrole nitrogens is 1. The summed E-state index contributed by atoms with van der Waals surface area (Å²) in [6, 6.07) is 5.69. The van der Waals surface area contributed by atoms with E-state index in [9.17, 15) is 13.2 Å². The van der Waals surface area contributed by atoms with Gasteiger partial charge in [0.1, 0.15) is 0 Å². The van der Waals surface area contributed by atoms with Gasteiger partial charge in [-0.1, -0.05) is 12.1 Å². The van der Waals surface area contributed by atoms with Crippen molar-refractivity contribution in [3.63, 3.8) is 0 Å². The molecule has 0 saturated carbocycles. The zero-order valence-corrected chi connectivity index (χ0v) is 10.6. The molecule has 1 aromatic heterocycles. The van der Waals surface area contributed by atoms with Crippen molar-refractivity contribution >= 4 is 16.6 Å². The molecule has 0 bridgehead atoms. The van der Waals surface area contributed by atoms with Crippen molar-refractivity contribution < 1.29 is 13.2 Å². The number of anilines is 1. The molecule has 1 atom stereocenters. The number of hydrogen-bond acceptors (Lipinski definition) is 2. The highest BCUT2D eigenvalue weighted by atomic mass is 19.4. The average molecular weight is 271 g/mol. The summed E-state index contributed by atoms with van der Waals surface area (Å²) >= 11 is 0. The van der Waals surface area contributed by atoms with Gasteiger partial charge in [0.25, 0.3) is 0 Å².